The molecule has 0 bridgehead atoms. The number of nitrogens with one attached hydrogen (secondary N) is 2. The van der Waals surface area contributed by atoms with Gasteiger partial charge in [-0.3, -0.25) is 4.90 Å². The van der Waals surface area contributed by atoms with Gasteiger partial charge < -0.3 is 10.6 Å². The van der Waals surface area contributed by atoms with Crippen LogP contribution in [-0.4, -0.2) is 43.2 Å². The number of carbonyl (C=O) groups excluding carboxylic acids is 1. The molecule has 102 valence electrons. The number of carbonyl (C=O) groups is 1. The molecule has 0 saturated heterocycles. The van der Waals surface area contributed by atoms with Gasteiger partial charge >= 0.3 is 6.03 Å². The van der Waals surface area contributed by atoms with Crippen molar-refractivity contribution in [3.8, 4) is 0 Å². The Hall–Kier alpha value is -0.770. The second kappa shape index (κ2) is 9.28. The molecule has 0 aliphatic carbocycles. The Labute approximate surface area is 106 Å². The third-order valence-corrected chi connectivity index (χ3v) is 2.91. The summed E-state index contributed by atoms with van der Waals surface area (Å²) < 4.78 is 0. The Morgan fingerprint density at radius 1 is 1.12 bits per heavy atom. The van der Waals surface area contributed by atoms with Crippen LogP contribution in [-0.2, 0) is 0 Å². The first-order chi connectivity index (χ1) is 8.04. The normalized spacial score (nSPS) is 12.9. The van der Waals surface area contributed by atoms with Crippen molar-refractivity contribution >= 4 is 6.03 Å². The van der Waals surface area contributed by atoms with Gasteiger partial charge in [-0.2, -0.15) is 0 Å². The van der Waals surface area contributed by atoms with Crippen molar-refractivity contribution in [3.05, 3.63) is 0 Å². The maximum atomic E-state index is 11.4. The quantitative estimate of drug-likeness (QED) is 0.685. The lowest BCUT2D eigenvalue weighted by Gasteiger charge is -2.31. The highest BCUT2D eigenvalue weighted by molar-refractivity contribution is 5.73. The third kappa shape index (κ3) is 7.21. The Morgan fingerprint density at radius 2 is 1.71 bits per heavy atom. The predicted molar refractivity (Wildman–Crippen MR) is 73.2 cm³/mol. The molecule has 1 unspecified atom stereocenters. The lowest BCUT2D eigenvalue weighted by Crippen LogP contribution is -2.47. The first-order valence-electron chi connectivity index (χ1n) is 6.80. The van der Waals surface area contributed by atoms with Crippen LogP contribution in [0, 0.1) is 5.92 Å². The number of amides is 2. The molecular formula is C13H29N3O. The van der Waals surface area contributed by atoms with Crippen LogP contribution in [0.5, 0.6) is 0 Å². The standard InChI is InChI=1S/C13H29N3O/c1-6-14-13(17)15-10-12(9-11(4)5)16(7-2)8-3/h11-12H,6-10H2,1-5H3,(H2,14,15,17). The molecule has 17 heavy (non-hydrogen) atoms. The van der Waals surface area contributed by atoms with Gasteiger partial charge in [-0.15, -0.1) is 0 Å². The second-order valence-corrected chi connectivity index (χ2v) is 4.74. The Bertz CT molecular complexity index is 203. The molecule has 0 aromatic carbocycles. The van der Waals surface area contributed by atoms with Gasteiger partial charge in [0.15, 0.2) is 0 Å². The fourth-order valence-corrected chi connectivity index (χ4v) is 2.08. The summed E-state index contributed by atoms with van der Waals surface area (Å²) in [4.78, 5) is 13.8. The molecule has 2 N–H and O–H groups in total. The smallest absolute Gasteiger partial charge is 0.314 e. The molecule has 0 heterocycles. The summed E-state index contributed by atoms with van der Waals surface area (Å²) in [5.74, 6) is 0.650. The summed E-state index contributed by atoms with van der Waals surface area (Å²) in [6.45, 7) is 14.2. The van der Waals surface area contributed by atoms with Crippen LogP contribution in [0.15, 0.2) is 0 Å². The minimum atomic E-state index is -0.0617. The topological polar surface area (TPSA) is 44.4 Å². The van der Waals surface area contributed by atoms with Crippen molar-refractivity contribution in [3.63, 3.8) is 0 Å². The van der Waals surface area contributed by atoms with Gasteiger partial charge in [-0.1, -0.05) is 27.7 Å². The molecule has 0 aromatic rings. The highest BCUT2D eigenvalue weighted by atomic mass is 16.2. The van der Waals surface area contributed by atoms with E-state index in [2.05, 4.69) is 43.2 Å². The van der Waals surface area contributed by atoms with Gasteiger partial charge in [0.25, 0.3) is 0 Å². The van der Waals surface area contributed by atoms with Crippen LogP contribution in [0.25, 0.3) is 0 Å². The minimum absolute atomic E-state index is 0.0617. The largest absolute Gasteiger partial charge is 0.338 e. The van der Waals surface area contributed by atoms with Gasteiger partial charge in [0.1, 0.15) is 0 Å². The highest BCUT2D eigenvalue weighted by Gasteiger charge is 2.17. The first kappa shape index (κ1) is 16.2. The molecule has 1 atom stereocenters. The average Bonchev–Trinajstić information content (AvgIpc) is 2.27. The van der Waals surface area contributed by atoms with Gasteiger partial charge in [0.05, 0.1) is 0 Å². The van der Waals surface area contributed by atoms with E-state index in [1.165, 1.54) is 0 Å². The van der Waals surface area contributed by atoms with E-state index < -0.39 is 0 Å². The van der Waals surface area contributed by atoms with E-state index in [-0.39, 0.29) is 6.03 Å². The van der Waals surface area contributed by atoms with Gasteiger partial charge in [-0.05, 0) is 32.4 Å². The van der Waals surface area contributed by atoms with Crippen molar-refractivity contribution in [2.24, 2.45) is 5.92 Å². The summed E-state index contributed by atoms with van der Waals surface area (Å²) in [5, 5.41) is 5.71. The molecule has 0 fully saturated rings. The predicted octanol–water partition coefficient (Wildman–Crippen LogP) is 2.06. The highest BCUT2D eigenvalue weighted by Crippen LogP contribution is 2.10. The maximum absolute atomic E-state index is 11.4. The van der Waals surface area contributed by atoms with E-state index >= 15 is 0 Å². The fourth-order valence-electron chi connectivity index (χ4n) is 2.08. The SMILES string of the molecule is CCNC(=O)NCC(CC(C)C)N(CC)CC. The molecule has 0 radical (unpaired) electrons. The molecule has 4 heteroatoms. The van der Waals surface area contributed by atoms with E-state index in [1.54, 1.807) is 0 Å². The molecular weight excluding hydrogens is 214 g/mol. The van der Waals surface area contributed by atoms with Crippen LogP contribution in [0.4, 0.5) is 4.79 Å². The van der Waals surface area contributed by atoms with Crippen LogP contribution in [0.2, 0.25) is 0 Å². The Morgan fingerprint density at radius 3 is 2.12 bits per heavy atom. The Balaban J connectivity index is 4.22. The average molecular weight is 243 g/mol. The van der Waals surface area contributed by atoms with E-state index in [9.17, 15) is 4.79 Å². The number of likely N-dealkylation sites (N-methyl/N-ethyl adjacent to an activating group) is 1. The van der Waals surface area contributed by atoms with Crippen molar-refractivity contribution < 1.29 is 4.79 Å². The molecule has 0 saturated carbocycles. The van der Waals surface area contributed by atoms with Crippen LogP contribution in [0.3, 0.4) is 0 Å². The van der Waals surface area contributed by atoms with E-state index in [0.29, 0.717) is 18.5 Å². The molecule has 0 aliphatic rings. The third-order valence-electron chi connectivity index (χ3n) is 2.91. The van der Waals surface area contributed by atoms with Crippen molar-refractivity contribution in [2.75, 3.05) is 26.2 Å². The zero-order valence-corrected chi connectivity index (χ0v) is 12.0. The lowest BCUT2D eigenvalue weighted by molar-refractivity contribution is 0.184. The van der Waals surface area contributed by atoms with Crippen molar-refractivity contribution in [1.82, 2.24) is 15.5 Å². The second-order valence-electron chi connectivity index (χ2n) is 4.74. The van der Waals surface area contributed by atoms with Crippen LogP contribution >= 0.6 is 0 Å². The molecule has 0 rings (SSSR count). The number of nitrogens with zero attached hydrogens (tertiary/aromatic N) is 1. The Kier molecular flexibility index (Phi) is 8.86. The molecule has 0 aliphatic heterocycles. The lowest BCUT2D eigenvalue weighted by atomic mass is 10.0. The van der Waals surface area contributed by atoms with Crippen LogP contribution in [0.1, 0.15) is 41.0 Å². The van der Waals surface area contributed by atoms with Gasteiger partial charge in [-0.25, -0.2) is 4.79 Å². The minimum Gasteiger partial charge on any atom is -0.338 e. The zero-order chi connectivity index (χ0) is 13.3. The van der Waals surface area contributed by atoms with E-state index in [4.69, 9.17) is 0 Å². The summed E-state index contributed by atoms with van der Waals surface area (Å²) >= 11 is 0. The number of urea groups is 1. The monoisotopic (exact) mass is 243 g/mol. The fraction of sp³-hybridized carbons (Fsp3) is 0.923. The van der Waals surface area contributed by atoms with Crippen molar-refractivity contribution in [1.29, 1.82) is 0 Å². The summed E-state index contributed by atoms with van der Waals surface area (Å²) in [5.41, 5.74) is 0. The first-order valence-corrected chi connectivity index (χ1v) is 6.80. The number of hydrogen-bond acceptors (Lipinski definition) is 2. The zero-order valence-electron chi connectivity index (χ0n) is 12.0. The number of hydrogen-bond donors (Lipinski definition) is 2. The summed E-state index contributed by atoms with van der Waals surface area (Å²) in [6.07, 6.45) is 1.12. The van der Waals surface area contributed by atoms with E-state index in [0.717, 1.165) is 26.1 Å². The summed E-state index contributed by atoms with van der Waals surface area (Å²) in [6, 6.07) is 0.376. The molecule has 4 nitrogen and oxygen atoms in total. The molecule has 0 aromatic heterocycles. The summed E-state index contributed by atoms with van der Waals surface area (Å²) in [7, 11) is 0. The van der Waals surface area contributed by atoms with Gasteiger partial charge in [0, 0.05) is 19.1 Å². The van der Waals surface area contributed by atoms with Gasteiger partial charge in [0.2, 0.25) is 0 Å². The molecule has 2 amide bonds. The number of rotatable bonds is 8. The van der Waals surface area contributed by atoms with Crippen molar-refractivity contribution in [2.45, 2.75) is 47.1 Å². The van der Waals surface area contributed by atoms with E-state index in [1.807, 2.05) is 6.92 Å². The molecule has 0 spiro atoms. The maximum Gasteiger partial charge on any atom is 0.314 e. The van der Waals surface area contributed by atoms with Crippen LogP contribution < -0.4 is 10.6 Å².